The first-order valence-electron chi connectivity index (χ1n) is 7.24. The predicted octanol–water partition coefficient (Wildman–Crippen LogP) is 2.86. The first kappa shape index (κ1) is 15.3. The van der Waals surface area contributed by atoms with Crippen LogP contribution in [0, 0.1) is 0 Å². The van der Waals surface area contributed by atoms with E-state index in [-0.39, 0.29) is 11.9 Å². The van der Waals surface area contributed by atoms with Crippen LogP contribution in [-0.2, 0) is 11.2 Å². The number of carbonyl (C=O) groups is 1. The van der Waals surface area contributed by atoms with E-state index in [1.54, 1.807) is 12.1 Å². The van der Waals surface area contributed by atoms with Gasteiger partial charge >= 0.3 is 0 Å². The average Bonchev–Trinajstić information content (AvgIpc) is 2.54. The molecule has 0 spiro atoms. The third kappa shape index (κ3) is 4.72. The van der Waals surface area contributed by atoms with Crippen molar-refractivity contribution < 1.29 is 9.90 Å². The fourth-order valence-corrected chi connectivity index (χ4v) is 2.21. The number of aliphatic hydroxyl groups excluding tert-OH is 1. The summed E-state index contributed by atoms with van der Waals surface area (Å²) in [5.41, 5.74) is 1.87. The van der Waals surface area contributed by atoms with Gasteiger partial charge in [-0.3, -0.25) is 4.79 Å². The normalized spacial score (nSPS) is 13.4. The Morgan fingerprint density at radius 2 is 1.62 bits per heavy atom. The maximum atomic E-state index is 12.0. The summed E-state index contributed by atoms with van der Waals surface area (Å²) < 4.78 is 0. The van der Waals surface area contributed by atoms with Gasteiger partial charge in [0.05, 0.1) is 0 Å². The molecule has 0 aromatic heterocycles. The lowest BCUT2D eigenvalue weighted by Crippen LogP contribution is -2.36. The Morgan fingerprint density at radius 1 is 1.05 bits per heavy atom. The van der Waals surface area contributed by atoms with Gasteiger partial charge in [-0.1, -0.05) is 60.7 Å². The van der Waals surface area contributed by atoms with Crippen molar-refractivity contribution >= 4 is 5.91 Å². The highest BCUT2D eigenvalue weighted by Gasteiger charge is 2.18. The Hall–Kier alpha value is -2.13. The van der Waals surface area contributed by atoms with E-state index in [9.17, 15) is 9.90 Å². The Balaban J connectivity index is 1.82. The number of aryl methyl sites for hydroxylation is 1. The molecule has 0 saturated heterocycles. The molecule has 0 radical (unpaired) electrons. The zero-order valence-corrected chi connectivity index (χ0v) is 12.2. The second-order valence-corrected chi connectivity index (χ2v) is 5.25. The number of rotatable bonds is 6. The second kappa shape index (κ2) is 7.60. The molecule has 3 heteroatoms. The molecule has 0 fully saturated rings. The number of hydrogen-bond acceptors (Lipinski definition) is 2. The third-order valence-electron chi connectivity index (χ3n) is 3.46. The molecule has 2 rings (SSSR count). The minimum absolute atomic E-state index is 0.0241. The van der Waals surface area contributed by atoms with E-state index < -0.39 is 6.10 Å². The number of hydrogen-bond donors (Lipinski definition) is 2. The molecule has 0 heterocycles. The number of aliphatic hydroxyl groups is 1. The van der Waals surface area contributed by atoms with Gasteiger partial charge in [0.1, 0.15) is 0 Å². The zero-order chi connectivity index (χ0) is 15.1. The summed E-state index contributed by atoms with van der Waals surface area (Å²) in [5.74, 6) is -0.346. The van der Waals surface area contributed by atoms with E-state index >= 15 is 0 Å². The van der Waals surface area contributed by atoms with Gasteiger partial charge in [-0.05, 0) is 30.9 Å². The van der Waals surface area contributed by atoms with Crippen molar-refractivity contribution in [3.63, 3.8) is 0 Å². The Bertz CT molecular complexity index is 554. The van der Waals surface area contributed by atoms with Crippen LogP contribution >= 0.6 is 0 Å². The molecule has 0 aliphatic carbocycles. The topological polar surface area (TPSA) is 49.3 Å². The van der Waals surface area contributed by atoms with E-state index in [1.165, 1.54) is 5.56 Å². The first-order chi connectivity index (χ1) is 10.2. The molecular formula is C18H21NO2. The third-order valence-corrected chi connectivity index (χ3v) is 3.46. The maximum absolute atomic E-state index is 12.0. The Kier molecular flexibility index (Phi) is 5.52. The van der Waals surface area contributed by atoms with E-state index in [2.05, 4.69) is 17.4 Å². The lowest BCUT2D eigenvalue weighted by Gasteiger charge is -2.17. The minimum Gasteiger partial charge on any atom is -0.378 e. The van der Waals surface area contributed by atoms with Crippen LogP contribution in [-0.4, -0.2) is 17.1 Å². The van der Waals surface area contributed by atoms with Crippen molar-refractivity contribution in [2.24, 2.45) is 0 Å². The molecule has 0 aliphatic heterocycles. The molecule has 110 valence electrons. The fraction of sp³-hybridized carbons (Fsp3) is 0.278. The van der Waals surface area contributed by atoms with Gasteiger partial charge in [-0.25, -0.2) is 0 Å². The highest BCUT2D eigenvalue weighted by molar-refractivity contribution is 5.82. The number of amides is 1. The Morgan fingerprint density at radius 3 is 2.24 bits per heavy atom. The van der Waals surface area contributed by atoms with Crippen LogP contribution in [0.3, 0.4) is 0 Å². The Labute approximate surface area is 125 Å². The van der Waals surface area contributed by atoms with Crippen molar-refractivity contribution in [1.29, 1.82) is 0 Å². The molecule has 21 heavy (non-hydrogen) atoms. The summed E-state index contributed by atoms with van der Waals surface area (Å²) in [6.07, 6.45) is 0.645. The van der Waals surface area contributed by atoms with Crippen molar-refractivity contribution in [2.45, 2.75) is 31.9 Å². The summed E-state index contributed by atoms with van der Waals surface area (Å²) >= 11 is 0. The van der Waals surface area contributed by atoms with Crippen molar-refractivity contribution in [2.75, 3.05) is 0 Å². The van der Waals surface area contributed by atoms with E-state index in [0.717, 1.165) is 12.8 Å². The molecule has 2 atom stereocenters. The van der Waals surface area contributed by atoms with Crippen LogP contribution in [0.2, 0.25) is 0 Å². The van der Waals surface area contributed by atoms with Crippen LogP contribution in [0.1, 0.15) is 30.6 Å². The zero-order valence-electron chi connectivity index (χ0n) is 12.2. The van der Waals surface area contributed by atoms with Crippen molar-refractivity contribution in [1.82, 2.24) is 5.32 Å². The number of nitrogens with one attached hydrogen (secondary N) is 1. The summed E-state index contributed by atoms with van der Waals surface area (Å²) in [5, 5.41) is 12.9. The van der Waals surface area contributed by atoms with E-state index in [1.807, 2.05) is 43.3 Å². The summed E-state index contributed by atoms with van der Waals surface area (Å²) in [7, 11) is 0. The average molecular weight is 283 g/mol. The standard InChI is InChI=1S/C18H21NO2/c1-14(12-13-15-8-4-2-5-9-15)19-18(21)17(20)16-10-6-3-7-11-16/h2-11,14,17,20H,12-13H2,1H3,(H,19,21)/t14-,17-/m1/s1. The molecule has 2 aromatic rings. The van der Waals surface area contributed by atoms with E-state index in [0.29, 0.717) is 5.56 Å². The molecule has 0 aliphatic rings. The minimum atomic E-state index is -1.11. The molecule has 0 bridgehead atoms. The maximum Gasteiger partial charge on any atom is 0.253 e. The first-order valence-corrected chi connectivity index (χ1v) is 7.24. The smallest absolute Gasteiger partial charge is 0.253 e. The van der Waals surface area contributed by atoms with Crippen LogP contribution < -0.4 is 5.32 Å². The number of benzene rings is 2. The predicted molar refractivity (Wildman–Crippen MR) is 83.8 cm³/mol. The monoisotopic (exact) mass is 283 g/mol. The van der Waals surface area contributed by atoms with Gasteiger partial charge in [0.25, 0.3) is 5.91 Å². The summed E-state index contributed by atoms with van der Waals surface area (Å²) in [6.45, 7) is 1.96. The molecule has 3 nitrogen and oxygen atoms in total. The van der Waals surface area contributed by atoms with Crippen LogP contribution in [0.15, 0.2) is 60.7 Å². The van der Waals surface area contributed by atoms with Crippen LogP contribution in [0.25, 0.3) is 0 Å². The van der Waals surface area contributed by atoms with Gasteiger partial charge in [-0.15, -0.1) is 0 Å². The van der Waals surface area contributed by atoms with Crippen molar-refractivity contribution in [3.05, 3.63) is 71.8 Å². The van der Waals surface area contributed by atoms with Crippen LogP contribution in [0.4, 0.5) is 0 Å². The SMILES string of the molecule is C[C@H](CCc1ccccc1)NC(=O)[C@H](O)c1ccccc1. The van der Waals surface area contributed by atoms with Gasteiger partial charge in [0.15, 0.2) is 6.10 Å². The van der Waals surface area contributed by atoms with Gasteiger partial charge < -0.3 is 10.4 Å². The fourth-order valence-electron chi connectivity index (χ4n) is 2.21. The largest absolute Gasteiger partial charge is 0.378 e. The lowest BCUT2D eigenvalue weighted by atomic mass is 10.1. The van der Waals surface area contributed by atoms with E-state index in [4.69, 9.17) is 0 Å². The molecule has 0 unspecified atom stereocenters. The molecular weight excluding hydrogens is 262 g/mol. The van der Waals surface area contributed by atoms with Gasteiger partial charge in [-0.2, -0.15) is 0 Å². The second-order valence-electron chi connectivity index (χ2n) is 5.25. The molecule has 2 N–H and O–H groups in total. The number of carbonyl (C=O) groups excluding carboxylic acids is 1. The summed E-state index contributed by atoms with van der Waals surface area (Å²) in [6, 6.07) is 19.2. The lowest BCUT2D eigenvalue weighted by molar-refractivity contribution is -0.130. The molecule has 2 aromatic carbocycles. The molecule has 0 saturated carbocycles. The highest BCUT2D eigenvalue weighted by Crippen LogP contribution is 2.13. The van der Waals surface area contributed by atoms with Crippen LogP contribution in [0.5, 0.6) is 0 Å². The quantitative estimate of drug-likeness (QED) is 0.856. The van der Waals surface area contributed by atoms with Gasteiger partial charge in [0.2, 0.25) is 0 Å². The summed E-state index contributed by atoms with van der Waals surface area (Å²) in [4.78, 5) is 12.0. The van der Waals surface area contributed by atoms with Gasteiger partial charge in [0, 0.05) is 6.04 Å². The van der Waals surface area contributed by atoms with Crippen molar-refractivity contribution in [3.8, 4) is 0 Å². The highest BCUT2D eigenvalue weighted by atomic mass is 16.3. The molecule has 1 amide bonds.